The summed E-state index contributed by atoms with van der Waals surface area (Å²) in [6.07, 6.45) is 4.84. The van der Waals surface area contributed by atoms with Crippen molar-refractivity contribution in [3.63, 3.8) is 0 Å². The molecule has 0 bridgehead atoms. The van der Waals surface area contributed by atoms with Crippen LogP contribution in [0.15, 0.2) is 91.0 Å². The molecule has 1 amide bonds. The molecular weight excluding hydrogens is 482 g/mol. The second-order valence-electron chi connectivity index (χ2n) is 8.97. The molecule has 1 unspecified atom stereocenters. The molecule has 5 heteroatoms. The van der Waals surface area contributed by atoms with Gasteiger partial charge in [-0.1, -0.05) is 78.4 Å². The van der Waals surface area contributed by atoms with E-state index in [2.05, 4.69) is 24.3 Å². The normalized spacial score (nSPS) is 14.9. The number of halogens is 1. The van der Waals surface area contributed by atoms with Gasteiger partial charge in [-0.3, -0.25) is 4.79 Å². The summed E-state index contributed by atoms with van der Waals surface area (Å²) in [6, 6.07) is 29.3. The molecule has 4 aromatic carbocycles. The lowest BCUT2D eigenvalue weighted by Gasteiger charge is -2.38. The van der Waals surface area contributed by atoms with Crippen LogP contribution in [0, 0.1) is 0 Å². The summed E-state index contributed by atoms with van der Waals surface area (Å²) in [6.45, 7) is 0.588. The third kappa shape index (κ3) is 5.25. The average Bonchev–Trinajstić information content (AvgIpc) is 2.95. The van der Waals surface area contributed by atoms with Crippen LogP contribution in [0.3, 0.4) is 0 Å². The Morgan fingerprint density at radius 2 is 1.46 bits per heavy atom. The Morgan fingerprint density at radius 1 is 0.838 bits per heavy atom. The lowest BCUT2D eigenvalue weighted by atomic mass is 9.87. The maximum Gasteiger partial charge on any atom is 0.254 e. The number of hydrogen-bond acceptors (Lipinski definition) is 3. The Labute approximate surface area is 222 Å². The first kappa shape index (κ1) is 24.7. The summed E-state index contributed by atoms with van der Waals surface area (Å²) in [5.74, 6) is 1.32. The van der Waals surface area contributed by atoms with E-state index in [-0.39, 0.29) is 11.9 Å². The van der Waals surface area contributed by atoms with Crippen molar-refractivity contribution in [3.8, 4) is 11.5 Å². The minimum atomic E-state index is -0.272. The monoisotopic (exact) mass is 509 g/mol. The van der Waals surface area contributed by atoms with Crippen molar-refractivity contribution in [1.82, 2.24) is 4.90 Å². The standard InChI is InChI=1S/C32H28ClNO3/c1-36-29-20-26-18-19-34(31(28(26)21-30(29)37-2)24-14-16-27(33)17-15-24)32(35)25-12-10-23(11-13-25)9-8-22-6-4-3-5-7-22/h3-17,20-21,31H,18-19H2,1-2H3. The second kappa shape index (κ2) is 10.9. The molecule has 0 aliphatic carbocycles. The fraction of sp³-hybridized carbons (Fsp3) is 0.156. The van der Waals surface area contributed by atoms with Crippen LogP contribution in [0.25, 0.3) is 12.2 Å². The topological polar surface area (TPSA) is 38.8 Å². The third-order valence-electron chi connectivity index (χ3n) is 6.75. The van der Waals surface area contributed by atoms with Crippen LogP contribution < -0.4 is 9.47 Å². The van der Waals surface area contributed by atoms with E-state index in [0.717, 1.165) is 34.2 Å². The highest BCUT2D eigenvalue weighted by molar-refractivity contribution is 6.30. The molecular formula is C32H28ClNO3. The summed E-state index contributed by atoms with van der Waals surface area (Å²) >= 11 is 6.19. The molecule has 0 spiro atoms. The molecule has 0 saturated carbocycles. The van der Waals surface area contributed by atoms with Gasteiger partial charge in [-0.25, -0.2) is 0 Å². The number of fused-ring (bicyclic) bond motifs is 1. The number of hydrogen-bond donors (Lipinski definition) is 0. The van der Waals surface area contributed by atoms with Crippen LogP contribution in [0.1, 0.15) is 44.2 Å². The molecule has 0 fully saturated rings. The van der Waals surface area contributed by atoms with Gasteiger partial charge >= 0.3 is 0 Å². The number of benzene rings is 4. The first-order valence-corrected chi connectivity index (χ1v) is 12.6. The Kier molecular flexibility index (Phi) is 7.29. The van der Waals surface area contributed by atoms with Crippen molar-refractivity contribution in [2.45, 2.75) is 12.5 Å². The van der Waals surface area contributed by atoms with Crippen LogP contribution in [-0.2, 0) is 6.42 Å². The SMILES string of the molecule is COc1cc2c(cc1OC)C(c1ccc(Cl)cc1)N(C(=O)c1ccc(C=Cc3ccccc3)cc1)CC2. The molecule has 0 saturated heterocycles. The van der Waals surface area contributed by atoms with Crippen LogP contribution in [0.4, 0.5) is 0 Å². The van der Waals surface area contributed by atoms with Gasteiger partial charge in [0.15, 0.2) is 11.5 Å². The molecule has 1 atom stereocenters. The molecule has 4 aromatic rings. The molecule has 4 nitrogen and oxygen atoms in total. The van der Waals surface area contributed by atoms with Crippen molar-refractivity contribution in [2.24, 2.45) is 0 Å². The van der Waals surface area contributed by atoms with Crippen LogP contribution >= 0.6 is 11.6 Å². The Balaban J connectivity index is 1.48. The number of carbonyl (C=O) groups excluding carboxylic acids is 1. The maximum absolute atomic E-state index is 13.9. The lowest BCUT2D eigenvalue weighted by molar-refractivity contribution is 0.0694. The Bertz CT molecular complexity index is 1410. The fourth-order valence-corrected chi connectivity index (χ4v) is 4.95. The largest absolute Gasteiger partial charge is 0.493 e. The quantitative estimate of drug-likeness (QED) is 0.256. The number of carbonyl (C=O) groups is 1. The zero-order valence-electron chi connectivity index (χ0n) is 20.9. The lowest BCUT2D eigenvalue weighted by Crippen LogP contribution is -2.40. The summed E-state index contributed by atoms with van der Waals surface area (Å²) in [5.41, 5.74) is 5.99. The highest BCUT2D eigenvalue weighted by Gasteiger charge is 2.33. The first-order chi connectivity index (χ1) is 18.1. The van der Waals surface area contributed by atoms with E-state index in [0.29, 0.717) is 28.6 Å². The number of nitrogens with zero attached hydrogens (tertiary/aromatic N) is 1. The van der Waals surface area contributed by atoms with Gasteiger partial charge in [0.05, 0.1) is 20.3 Å². The van der Waals surface area contributed by atoms with Crippen molar-refractivity contribution < 1.29 is 14.3 Å². The van der Waals surface area contributed by atoms with Crippen molar-refractivity contribution in [3.05, 3.63) is 129 Å². The van der Waals surface area contributed by atoms with E-state index in [9.17, 15) is 4.79 Å². The highest BCUT2D eigenvalue weighted by Crippen LogP contribution is 2.41. The third-order valence-corrected chi connectivity index (χ3v) is 7.00. The van der Waals surface area contributed by atoms with E-state index < -0.39 is 0 Å². The molecule has 37 heavy (non-hydrogen) atoms. The van der Waals surface area contributed by atoms with Crippen LogP contribution in [0.2, 0.25) is 5.02 Å². The zero-order valence-corrected chi connectivity index (χ0v) is 21.6. The van der Waals surface area contributed by atoms with Crippen molar-refractivity contribution >= 4 is 29.7 Å². The fourth-order valence-electron chi connectivity index (χ4n) is 4.83. The molecule has 0 radical (unpaired) electrons. The van der Waals surface area contributed by atoms with Gasteiger partial charge in [-0.2, -0.15) is 0 Å². The smallest absolute Gasteiger partial charge is 0.254 e. The van der Waals surface area contributed by atoms with E-state index in [1.165, 1.54) is 0 Å². The minimum absolute atomic E-state index is 0.0148. The summed E-state index contributed by atoms with van der Waals surface area (Å²) in [4.78, 5) is 15.8. The van der Waals surface area contributed by atoms with E-state index in [1.54, 1.807) is 14.2 Å². The van der Waals surface area contributed by atoms with Gasteiger partial charge in [-0.15, -0.1) is 0 Å². The van der Waals surface area contributed by atoms with Crippen molar-refractivity contribution in [1.29, 1.82) is 0 Å². The molecule has 186 valence electrons. The highest BCUT2D eigenvalue weighted by atomic mass is 35.5. The first-order valence-electron chi connectivity index (χ1n) is 12.2. The van der Waals surface area contributed by atoms with Crippen molar-refractivity contribution in [2.75, 3.05) is 20.8 Å². The van der Waals surface area contributed by atoms with Gasteiger partial charge < -0.3 is 14.4 Å². The van der Waals surface area contributed by atoms with E-state index >= 15 is 0 Å². The van der Waals surface area contributed by atoms with E-state index in [1.807, 2.05) is 83.8 Å². The Hall–Kier alpha value is -4.02. The minimum Gasteiger partial charge on any atom is -0.493 e. The number of amides is 1. The molecule has 1 heterocycles. The molecule has 0 aromatic heterocycles. The molecule has 1 aliphatic heterocycles. The van der Waals surface area contributed by atoms with Crippen LogP contribution in [-0.4, -0.2) is 31.6 Å². The number of methoxy groups -OCH3 is 2. The molecule has 0 N–H and O–H groups in total. The summed E-state index contributed by atoms with van der Waals surface area (Å²) in [7, 11) is 3.26. The number of ether oxygens (including phenoxy) is 2. The molecule has 5 rings (SSSR count). The number of rotatable bonds is 6. The van der Waals surface area contributed by atoms with Gasteiger partial charge in [0.25, 0.3) is 5.91 Å². The summed E-state index contributed by atoms with van der Waals surface area (Å²) < 4.78 is 11.1. The Morgan fingerprint density at radius 3 is 2.11 bits per heavy atom. The predicted molar refractivity (Wildman–Crippen MR) is 149 cm³/mol. The summed E-state index contributed by atoms with van der Waals surface area (Å²) in [5, 5.41) is 0.657. The van der Waals surface area contributed by atoms with Crippen LogP contribution in [0.5, 0.6) is 11.5 Å². The van der Waals surface area contributed by atoms with Gasteiger partial charge in [-0.05, 0) is 70.6 Å². The van der Waals surface area contributed by atoms with Gasteiger partial charge in [0, 0.05) is 17.1 Å². The predicted octanol–water partition coefficient (Wildman–Crippen LogP) is 7.32. The second-order valence-corrected chi connectivity index (χ2v) is 9.41. The molecule has 1 aliphatic rings. The van der Waals surface area contributed by atoms with Gasteiger partial charge in [0.2, 0.25) is 0 Å². The van der Waals surface area contributed by atoms with Gasteiger partial charge in [0.1, 0.15) is 0 Å². The zero-order chi connectivity index (χ0) is 25.8. The average molecular weight is 510 g/mol. The van der Waals surface area contributed by atoms with E-state index in [4.69, 9.17) is 21.1 Å². The maximum atomic E-state index is 13.9.